The number of aromatic nitrogens is 2. The van der Waals surface area contributed by atoms with Gasteiger partial charge in [-0.05, 0) is 31.0 Å². The molecule has 1 heterocycles. The van der Waals surface area contributed by atoms with Gasteiger partial charge < -0.3 is 15.6 Å². The van der Waals surface area contributed by atoms with Crippen molar-refractivity contribution in [3.63, 3.8) is 0 Å². The third-order valence-electron chi connectivity index (χ3n) is 4.63. The molecular weight excluding hydrogens is 340 g/mol. The van der Waals surface area contributed by atoms with Gasteiger partial charge in [0.2, 0.25) is 0 Å². The quantitative estimate of drug-likeness (QED) is 0.622. The number of benzene rings is 2. The molecule has 0 saturated carbocycles. The molecule has 0 aliphatic carbocycles. The summed E-state index contributed by atoms with van der Waals surface area (Å²) < 4.78 is 1.54. The summed E-state index contributed by atoms with van der Waals surface area (Å²) in [4.78, 5) is 27.2. The van der Waals surface area contributed by atoms with E-state index >= 15 is 0 Å². The van der Waals surface area contributed by atoms with Crippen LogP contribution < -0.4 is 16.3 Å². The lowest BCUT2D eigenvalue weighted by atomic mass is 9.97. The maximum Gasteiger partial charge on any atom is 0.330 e. The van der Waals surface area contributed by atoms with Crippen LogP contribution in [0.5, 0.6) is 0 Å². The Balaban J connectivity index is 1.71. The maximum atomic E-state index is 12.4. The van der Waals surface area contributed by atoms with Crippen molar-refractivity contribution >= 4 is 11.7 Å². The minimum atomic E-state index is -0.293. The molecule has 2 amide bonds. The van der Waals surface area contributed by atoms with Gasteiger partial charge in [0.1, 0.15) is 0 Å². The Bertz CT molecular complexity index is 960. The van der Waals surface area contributed by atoms with Gasteiger partial charge in [0.05, 0.1) is 11.4 Å². The van der Waals surface area contributed by atoms with Crippen LogP contribution in [0.15, 0.2) is 65.6 Å². The molecule has 6 heteroatoms. The monoisotopic (exact) mass is 364 g/mol. The van der Waals surface area contributed by atoms with Crippen LogP contribution in [0.1, 0.15) is 30.5 Å². The molecule has 0 radical (unpaired) electrons. The standard InChI is InChI=1S/C21H24N4O2/c1-3-16(17-9-5-4-6-10-17)14-22-20(26)24-18-11-7-8-12-19(18)25-15(2)13-23-21(25)27/h4-13,16H,3,14H2,1-2H3,(H,23,27)(H2,22,24,26). The number of hydrogen-bond acceptors (Lipinski definition) is 2. The minimum Gasteiger partial charge on any atom is -0.337 e. The molecule has 0 fully saturated rings. The third kappa shape index (κ3) is 4.28. The number of imidazole rings is 1. The number of hydrogen-bond donors (Lipinski definition) is 3. The average molecular weight is 364 g/mol. The average Bonchev–Trinajstić information content (AvgIpc) is 3.02. The van der Waals surface area contributed by atoms with Crippen molar-refractivity contribution in [2.75, 3.05) is 11.9 Å². The summed E-state index contributed by atoms with van der Waals surface area (Å²) in [5, 5.41) is 5.80. The molecule has 27 heavy (non-hydrogen) atoms. The molecule has 1 unspecified atom stereocenters. The van der Waals surface area contributed by atoms with E-state index in [9.17, 15) is 9.59 Å². The largest absolute Gasteiger partial charge is 0.337 e. The van der Waals surface area contributed by atoms with Crippen molar-refractivity contribution in [3.05, 3.63) is 82.5 Å². The van der Waals surface area contributed by atoms with Crippen molar-refractivity contribution in [2.24, 2.45) is 0 Å². The Morgan fingerprint density at radius 2 is 1.81 bits per heavy atom. The Morgan fingerprint density at radius 3 is 2.48 bits per heavy atom. The summed E-state index contributed by atoms with van der Waals surface area (Å²) in [5.74, 6) is 0.252. The van der Waals surface area contributed by atoms with E-state index in [4.69, 9.17) is 0 Å². The smallest absolute Gasteiger partial charge is 0.330 e. The number of carbonyl (C=O) groups excluding carboxylic acids is 1. The van der Waals surface area contributed by atoms with Crippen LogP contribution in [-0.4, -0.2) is 22.1 Å². The van der Waals surface area contributed by atoms with Gasteiger partial charge in [-0.3, -0.25) is 4.57 Å². The number of para-hydroxylation sites is 2. The summed E-state index contributed by atoms with van der Waals surface area (Å²) in [5.41, 5.74) is 2.94. The van der Waals surface area contributed by atoms with Crippen LogP contribution in [0.3, 0.4) is 0 Å². The summed E-state index contributed by atoms with van der Waals surface area (Å²) in [6.07, 6.45) is 2.57. The fraction of sp³-hybridized carbons (Fsp3) is 0.238. The molecule has 0 spiro atoms. The molecule has 3 rings (SSSR count). The zero-order chi connectivity index (χ0) is 19.2. The van der Waals surface area contributed by atoms with E-state index in [1.807, 2.05) is 37.3 Å². The van der Waals surface area contributed by atoms with Gasteiger partial charge in [-0.1, -0.05) is 49.4 Å². The molecule has 0 bridgehead atoms. The van der Waals surface area contributed by atoms with E-state index in [0.717, 1.165) is 12.1 Å². The summed E-state index contributed by atoms with van der Waals surface area (Å²) in [6, 6.07) is 17.1. The van der Waals surface area contributed by atoms with E-state index < -0.39 is 0 Å². The molecular formula is C21H24N4O2. The molecule has 2 aromatic carbocycles. The Labute approximate surface area is 158 Å². The van der Waals surface area contributed by atoms with Crippen LogP contribution in [0, 0.1) is 6.92 Å². The lowest BCUT2D eigenvalue weighted by Gasteiger charge is -2.17. The molecule has 140 valence electrons. The van der Waals surface area contributed by atoms with Gasteiger partial charge in [-0.2, -0.15) is 0 Å². The molecule has 3 N–H and O–H groups in total. The first kappa shape index (κ1) is 18.5. The number of urea groups is 1. The zero-order valence-corrected chi connectivity index (χ0v) is 15.5. The van der Waals surface area contributed by atoms with Crippen molar-refractivity contribution in [1.82, 2.24) is 14.9 Å². The number of aromatic amines is 1. The van der Waals surface area contributed by atoms with Crippen LogP contribution >= 0.6 is 0 Å². The summed E-state index contributed by atoms with van der Waals surface area (Å²) in [7, 11) is 0. The first-order valence-corrected chi connectivity index (χ1v) is 9.06. The second kappa shape index (κ2) is 8.40. The fourth-order valence-electron chi connectivity index (χ4n) is 3.13. The van der Waals surface area contributed by atoms with Crippen LogP contribution in [0.25, 0.3) is 5.69 Å². The van der Waals surface area contributed by atoms with E-state index in [2.05, 4.69) is 34.7 Å². The Hall–Kier alpha value is -3.28. The van der Waals surface area contributed by atoms with Crippen LogP contribution in [0.2, 0.25) is 0 Å². The van der Waals surface area contributed by atoms with Gasteiger partial charge in [-0.25, -0.2) is 9.59 Å². The topological polar surface area (TPSA) is 78.9 Å². The molecule has 0 aliphatic rings. The van der Waals surface area contributed by atoms with Gasteiger partial charge in [0, 0.05) is 24.4 Å². The van der Waals surface area contributed by atoms with E-state index in [0.29, 0.717) is 17.9 Å². The number of rotatable bonds is 6. The van der Waals surface area contributed by atoms with Crippen molar-refractivity contribution in [1.29, 1.82) is 0 Å². The summed E-state index contributed by atoms with van der Waals surface area (Å²) in [6.45, 7) is 4.48. The van der Waals surface area contributed by atoms with E-state index in [1.165, 1.54) is 10.1 Å². The Kier molecular flexibility index (Phi) is 5.76. The van der Waals surface area contributed by atoms with Gasteiger partial charge in [0.15, 0.2) is 0 Å². The highest BCUT2D eigenvalue weighted by Crippen LogP contribution is 2.20. The number of H-pyrrole nitrogens is 1. The number of amides is 2. The molecule has 1 aromatic heterocycles. The third-order valence-corrected chi connectivity index (χ3v) is 4.63. The number of anilines is 1. The predicted octanol–water partition coefficient (Wildman–Crippen LogP) is 3.79. The predicted molar refractivity (Wildman–Crippen MR) is 108 cm³/mol. The van der Waals surface area contributed by atoms with E-state index in [1.54, 1.807) is 18.3 Å². The van der Waals surface area contributed by atoms with Crippen molar-refractivity contribution in [2.45, 2.75) is 26.2 Å². The molecule has 6 nitrogen and oxygen atoms in total. The van der Waals surface area contributed by atoms with Crippen LogP contribution in [0.4, 0.5) is 10.5 Å². The highest BCUT2D eigenvalue weighted by atomic mass is 16.2. The second-order valence-electron chi connectivity index (χ2n) is 6.44. The number of nitrogens with zero attached hydrogens (tertiary/aromatic N) is 1. The van der Waals surface area contributed by atoms with Gasteiger partial charge >= 0.3 is 11.7 Å². The number of carbonyl (C=O) groups is 1. The fourth-order valence-corrected chi connectivity index (χ4v) is 3.13. The summed E-state index contributed by atoms with van der Waals surface area (Å²) >= 11 is 0. The first-order chi connectivity index (χ1) is 13.1. The van der Waals surface area contributed by atoms with Gasteiger partial charge in [0.25, 0.3) is 0 Å². The van der Waals surface area contributed by atoms with Crippen molar-refractivity contribution < 1.29 is 4.79 Å². The number of aryl methyl sites for hydroxylation is 1. The Morgan fingerprint density at radius 1 is 1.11 bits per heavy atom. The van der Waals surface area contributed by atoms with Crippen LogP contribution in [-0.2, 0) is 0 Å². The van der Waals surface area contributed by atoms with Crippen molar-refractivity contribution in [3.8, 4) is 5.69 Å². The molecule has 3 aromatic rings. The molecule has 0 saturated heterocycles. The van der Waals surface area contributed by atoms with E-state index in [-0.39, 0.29) is 17.6 Å². The second-order valence-corrected chi connectivity index (χ2v) is 6.44. The highest BCUT2D eigenvalue weighted by Gasteiger charge is 2.14. The molecule has 1 atom stereocenters. The molecule has 0 aliphatic heterocycles. The highest BCUT2D eigenvalue weighted by molar-refractivity contribution is 5.91. The number of nitrogens with one attached hydrogen (secondary N) is 3. The normalized spacial score (nSPS) is 11.8. The lowest BCUT2D eigenvalue weighted by Crippen LogP contribution is -2.33. The van der Waals surface area contributed by atoms with Gasteiger partial charge in [-0.15, -0.1) is 0 Å². The minimum absolute atomic E-state index is 0.239. The lowest BCUT2D eigenvalue weighted by molar-refractivity contribution is 0.251. The SMILES string of the molecule is CCC(CNC(=O)Nc1ccccc1-n1c(C)c[nH]c1=O)c1ccccc1. The zero-order valence-electron chi connectivity index (χ0n) is 15.5. The maximum absolute atomic E-state index is 12.4. The first-order valence-electron chi connectivity index (χ1n) is 9.06.